The van der Waals surface area contributed by atoms with Gasteiger partial charge in [-0.1, -0.05) is 74.9 Å². The molecule has 2 heterocycles. The van der Waals surface area contributed by atoms with Crippen molar-refractivity contribution in [2.75, 3.05) is 11.5 Å². The number of amides is 1. The van der Waals surface area contributed by atoms with Crippen LogP contribution in [0.15, 0.2) is 66.2 Å². The number of benzene rings is 3. The van der Waals surface area contributed by atoms with E-state index in [1.165, 1.54) is 21.8 Å². The van der Waals surface area contributed by atoms with Crippen molar-refractivity contribution < 1.29 is 19.4 Å². The lowest BCUT2D eigenvalue weighted by Gasteiger charge is -2.25. The zero-order chi connectivity index (χ0) is 28.8. The molecular weight excluding hydrogens is 520 g/mol. The van der Waals surface area contributed by atoms with Crippen molar-refractivity contribution in [1.82, 2.24) is 4.98 Å². The van der Waals surface area contributed by atoms with Gasteiger partial charge in [-0.3, -0.25) is 14.5 Å². The molecule has 1 aliphatic heterocycles. The van der Waals surface area contributed by atoms with E-state index in [9.17, 15) is 14.7 Å². The number of rotatable bonds is 6. The average Bonchev–Trinajstić information content (AvgIpc) is 3.45. The standard InChI is InChI=1S/C33H34N2O4S/c1-7-20-12-14-24-26(17-20)40-32(34-24)35-28(21-11-9-10-19(3)16-21)27(30(37)31(35)38)29(36)22-13-15-25(39-8-2)23(18-22)33(4,5)6/h9-18,28,36H,7-8H2,1-6H3/b29-27+. The zero-order valence-electron chi connectivity index (χ0n) is 23.7. The van der Waals surface area contributed by atoms with Crippen molar-refractivity contribution in [3.05, 3.63) is 94.1 Å². The Kier molecular flexibility index (Phi) is 7.27. The summed E-state index contributed by atoms with van der Waals surface area (Å²) in [6.07, 6.45) is 0.885. The fourth-order valence-electron chi connectivity index (χ4n) is 5.17. The lowest BCUT2D eigenvalue weighted by Crippen LogP contribution is -2.29. The van der Waals surface area contributed by atoms with E-state index in [-0.39, 0.29) is 16.7 Å². The lowest BCUT2D eigenvalue weighted by molar-refractivity contribution is -0.132. The molecule has 0 aliphatic carbocycles. The Bertz CT molecular complexity index is 1660. The Morgan fingerprint density at radius 3 is 2.50 bits per heavy atom. The van der Waals surface area contributed by atoms with Crippen molar-refractivity contribution >= 4 is 44.1 Å². The average molecular weight is 555 g/mol. The van der Waals surface area contributed by atoms with Crippen molar-refractivity contribution in [1.29, 1.82) is 0 Å². The third kappa shape index (κ3) is 4.90. The molecule has 1 atom stereocenters. The second-order valence-electron chi connectivity index (χ2n) is 11.1. The van der Waals surface area contributed by atoms with Gasteiger partial charge in [0.05, 0.1) is 28.4 Å². The lowest BCUT2D eigenvalue weighted by atomic mass is 9.84. The van der Waals surface area contributed by atoms with E-state index in [1.807, 2.05) is 62.4 Å². The highest BCUT2D eigenvalue weighted by Crippen LogP contribution is 2.45. The number of hydrogen-bond donors (Lipinski definition) is 1. The number of carbonyl (C=O) groups is 2. The molecule has 1 aliphatic rings. The van der Waals surface area contributed by atoms with Crippen molar-refractivity contribution in [3.63, 3.8) is 0 Å². The van der Waals surface area contributed by atoms with E-state index in [4.69, 9.17) is 9.72 Å². The highest BCUT2D eigenvalue weighted by Gasteiger charge is 2.48. The SMILES string of the molecule is CCOc1ccc(/C(O)=C2\C(=O)C(=O)N(c3nc4ccc(CC)cc4s3)C2c2cccc(C)c2)cc1C(C)(C)C. The molecular formula is C33H34N2O4S. The van der Waals surface area contributed by atoms with E-state index >= 15 is 0 Å². The Hall–Kier alpha value is -3.97. The molecule has 1 unspecified atom stereocenters. The molecule has 40 heavy (non-hydrogen) atoms. The van der Waals surface area contributed by atoms with E-state index < -0.39 is 17.7 Å². The molecule has 0 bridgehead atoms. The number of hydrogen-bond acceptors (Lipinski definition) is 6. The number of aliphatic hydroxyl groups is 1. The molecule has 1 aromatic heterocycles. The van der Waals surface area contributed by atoms with Gasteiger partial charge >= 0.3 is 5.91 Å². The monoisotopic (exact) mass is 554 g/mol. The molecule has 1 N–H and O–H groups in total. The van der Waals surface area contributed by atoms with Crippen LogP contribution in [0.3, 0.4) is 0 Å². The summed E-state index contributed by atoms with van der Waals surface area (Å²) < 4.78 is 6.80. The number of aromatic nitrogens is 1. The summed E-state index contributed by atoms with van der Waals surface area (Å²) in [5, 5.41) is 12.1. The number of thiazole rings is 1. The number of anilines is 1. The minimum atomic E-state index is -0.823. The molecule has 0 radical (unpaired) electrons. The van der Waals surface area contributed by atoms with Crippen LogP contribution in [0.1, 0.15) is 68.5 Å². The van der Waals surface area contributed by atoms with Crippen molar-refractivity contribution in [3.8, 4) is 5.75 Å². The Morgan fingerprint density at radius 2 is 1.82 bits per heavy atom. The maximum absolute atomic E-state index is 13.7. The summed E-state index contributed by atoms with van der Waals surface area (Å²) >= 11 is 1.38. The van der Waals surface area contributed by atoms with E-state index in [1.54, 1.807) is 6.07 Å². The van der Waals surface area contributed by atoms with Gasteiger partial charge in [-0.2, -0.15) is 0 Å². The molecule has 4 aromatic rings. The summed E-state index contributed by atoms with van der Waals surface area (Å²) in [6.45, 7) is 12.7. The third-order valence-electron chi connectivity index (χ3n) is 7.22. The van der Waals surface area contributed by atoms with E-state index in [0.29, 0.717) is 17.3 Å². The minimum Gasteiger partial charge on any atom is -0.507 e. The van der Waals surface area contributed by atoms with Crippen LogP contribution in [-0.4, -0.2) is 28.4 Å². The van der Waals surface area contributed by atoms with Crippen LogP contribution >= 0.6 is 11.3 Å². The van der Waals surface area contributed by atoms with Gasteiger partial charge in [0.1, 0.15) is 11.5 Å². The Balaban J connectivity index is 1.72. The highest BCUT2D eigenvalue weighted by molar-refractivity contribution is 7.22. The van der Waals surface area contributed by atoms with Crippen molar-refractivity contribution in [2.24, 2.45) is 0 Å². The number of fused-ring (bicyclic) bond motifs is 1. The number of aliphatic hydroxyl groups excluding tert-OH is 1. The molecule has 1 saturated heterocycles. The molecule has 6 nitrogen and oxygen atoms in total. The van der Waals surface area contributed by atoms with Crippen LogP contribution < -0.4 is 9.64 Å². The molecule has 7 heteroatoms. The summed E-state index contributed by atoms with van der Waals surface area (Å²) in [7, 11) is 0. The van der Waals surface area contributed by atoms with Crippen LogP contribution in [0.4, 0.5) is 5.13 Å². The number of carbonyl (C=O) groups excluding carboxylic acids is 2. The molecule has 1 amide bonds. The predicted octanol–water partition coefficient (Wildman–Crippen LogP) is 7.49. The number of ether oxygens (including phenoxy) is 1. The first-order valence-corrected chi connectivity index (χ1v) is 14.4. The van der Waals surface area contributed by atoms with Gasteiger partial charge in [0.25, 0.3) is 5.78 Å². The zero-order valence-corrected chi connectivity index (χ0v) is 24.6. The summed E-state index contributed by atoms with van der Waals surface area (Å²) in [5.74, 6) is -0.924. The molecule has 206 valence electrons. The summed E-state index contributed by atoms with van der Waals surface area (Å²) in [5.41, 5.74) is 4.79. The largest absolute Gasteiger partial charge is 0.507 e. The van der Waals surface area contributed by atoms with Crippen LogP contribution in [0.5, 0.6) is 5.75 Å². The van der Waals surface area contributed by atoms with Crippen LogP contribution in [0.2, 0.25) is 0 Å². The molecule has 1 fully saturated rings. The van der Waals surface area contributed by atoms with Gasteiger partial charge in [-0.15, -0.1) is 0 Å². The molecule has 0 spiro atoms. The van der Waals surface area contributed by atoms with Gasteiger partial charge in [-0.05, 0) is 67.1 Å². The van der Waals surface area contributed by atoms with Gasteiger partial charge in [0.15, 0.2) is 5.13 Å². The Labute approximate surface area is 238 Å². The first kappa shape index (κ1) is 27.6. The first-order chi connectivity index (χ1) is 19.0. The predicted molar refractivity (Wildman–Crippen MR) is 161 cm³/mol. The first-order valence-electron chi connectivity index (χ1n) is 13.6. The molecule has 0 saturated carbocycles. The second kappa shape index (κ2) is 10.5. The van der Waals surface area contributed by atoms with Crippen LogP contribution in [0.25, 0.3) is 16.0 Å². The Morgan fingerprint density at radius 1 is 1.05 bits per heavy atom. The fraction of sp³-hybridized carbons (Fsp3) is 0.303. The maximum Gasteiger partial charge on any atom is 0.301 e. The van der Waals surface area contributed by atoms with Crippen LogP contribution in [-0.2, 0) is 21.4 Å². The topological polar surface area (TPSA) is 79.7 Å². The quantitative estimate of drug-likeness (QED) is 0.152. The van der Waals surface area contributed by atoms with Crippen LogP contribution in [0, 0.1) is 6.92 Å². The van der Waals surface area contributed by atoms with Gasteiger partial charge in [0, 0.05) is 11.1 Å². The van der Waals surface area contributed by atoms with Gasteiger partial charge < -0.3 is 9.84 Å². The van der Waals surface area contributed by atoms with E-state index in [0.717, 1.165) is 39.1 Å². The highest BCUT2D eigenvalue weighted by atomic mass is 32.1. The number of ketones is 1. The summed E-state index contributed by atoms with van der Waals surface area (Å²) in [4.78, 5) is 33.5. The molecule has 3 aromatic carbocycles. The minimum absolute atomic E-state index is 0.0492. The smallest absolute Gasteiger partial charge is 0.301 e. The molecule has 5 rings (SSSR count). The number of Topliss-reactive ketones (excluding diaryl/α,β-unsaturated/α-hetero) is 1. The summed E-state index contributed by atoms with van der Waals surface area (Å²) in [6, 6.07) is 18.3. The van der Waals surface area contributed by atoms with Gasteiger partial charge in [0.2, 0.25) is 0 Å². The van der Waals surface area contributed by atoms with E-state index in [2.05, 4.69) is 33.8 Å². The second-order valence-corrected chi connectivity index (χ2v) is 12.1. The fourth-order valence-corrected chi connectivity index (χ4v) is 6.22. The number of nitrogens with zero attached hydrogens (tertiary/aromatic N) is 2. The maximum atomic E-state index is 13.7. The number of aryl methyl sites for hydroxylation is 2. The third-order valence-corrected chi connectivity index (χ3v) is 8.24. The van der Waals surface area contributed by atoms with Crippen molar-refractivity contribution in [2.45, 2.75) is 59.4 Å². The van der Waals surface area contributed by atoms with Gasteiger partial charge in [-0.25, -0.2) is 4.98 Å². The normalized spacial score (nSPS) is 17.1.